The highest BCUT2D eigenvalue weighted by Gasteiger charge is 2.45. The van der Waals surface area contributed by atoms with Gasteiger partial charge < -0.3 is 14.6 Å². The van der Waals surface area contributed by atoms with Gasteiger partial charge in [-0.15, -0.1) is 0 Å². The van der Waals surface area contributed by atoms with Gasteiger partial charge in [0.25, 0.3) is 0 Å². The number of allylic oxidation sites excluding steroid dienone is 2. The molecule has 0 unspecified atom stereocenters. The minimum atomic E-state index is -0.583. The zero-order valence-corrected chi connectivity index (χ0v) is 9.74. The van der Waals surface area contributed by atoms with Crippen LogP contribution in [0, 0.1) is 0 Å². The van der Waals surface area contributed by atoms with Crippen molar-refractivity contribution in [2.45, 2.75) is 31.8 Å². The molecule has 0 spiro atoms. The predicted octanol–water partition coefficient (Wildman–Crippen LogP) is 1.72. The molecule has 1 N–H and O–H groups in total. The quantitative estimate of drug-likeness (QED) is 0.781. The third kappa shape index (κ3) is 1.67. The first-order valence-corrected chi connectivity index (χ1v) is 5.35. The topological polar surface area (TPSA) is 38.7 Å². The van der Waals surface area contributed by atoms with Gasteiger partial charge in [0.05, 0.1) is 6.61 Å². The third-order valence-electron chi connectivity index (χ3n) is 2.37. The highest BCUT2D eigenvalue weighted by atomic mass is 79.9. The van der Waals surface area contributed by atoms with Gasteiger partial charge in [-0.25, -0.2) is 0 Å². The van der Waals surface area contributed by atoms with Crippen molar-refractivity contribution >= 4 is 15.9 Å². The number of fused-ring (bicyclic) bond motifs is 1. The Balaban J connectivity index is 2.29. The van der Waals surface area contributed by atoms with Gasteiger partial charge in [0.15, 0.2) is 5.79 Å². The molecule has 2 rings (SSSR count). The lowest BCUT2D eigenvalue weighted by Gasteiger charge is -2.21. The smallest absolute Gasteiger partial charge is 0.164 e. The van der Waals surface area contributed by atoms with E-state index in [1.807, 2.05) is 26.0 Å². The fourth-order valence-corrected chi connectivity index (χ4v) is 2.22. The van der Waals surface area contributed by atoms with Gasteiger partial charge in [-0.1, -0.05) is 22.0 Å². The molecule has 0 aromatic carbocycles. The molecular formula is C10H13BrO3. The van der Waals surface area contributed by atoms with Gasteiger partial charge in [0, 0.05) is 4.48 Å². The van der Waals surface area contributed by atoms with Crippen LogP contribution in [-0.2, 0) is 9.47 Å². The molecular weight excluding hydrogens is 248 g/mol. The maximum atomic E-state index is 9.15. The molecule has 1 aliphatic heterocycles. The number of aliphatic hydroxyl groups excluding tert-OH is 1. The molecule has 4 heteroatoms. The van der Waals surface area contributed by atoms with E-state index in [2.05, 4.69) is 15.9 Å². The van der Waals surface area contributed by atoms with E-state index in [4.69, 9.17) is 14.6 Å². The summed E-state index contributed by atoms with van der Waals surface area (Å²) >= 11 is 3.43. The Labute approximate surface area is 91.5 Å². The largest absolute Gasteiger partial charge is 0.392 e. The molecule has 0 aromatic rings. The minimum Gasteiger partial charge on any atom is -0.392 e. The lowest BCUT2D eigenvalue weighted by Crippen LogP contribution is -2.28. The van der Waals surface area contributed by atoms with Crippen molar-refractivity contribution in [3.05, 3.63) is 22.2 Å². The summed E-state index contributed by atoms with van der Waals surface area (Å²) in [6.07, 6.45) is 3.50. The highest BCUT2D eigenvalue weighted by molar-refractivity contribution is 9.11. The summed E-state index contributed by atoms with van der Waals surface area (Å²) in [7, 11) is 0. The number of hydrogen-bond donors (Lipinski definition) is 1. The first kappa shape index (κ1) is 10.4. The molecule has 0 bridgehead atoms. The number of ether oxygens (including phenoxy) is 2. The van der Waals surface area contributed by atoms with Crippen molar-refractivity contribution < 1.29 is 14.6 Å². The van der Waals surface area contributed by atoms with E-state index in [1.54, 1.807) is 0 Å². The average molecular weight is 261 g/mol. The van der Waals surface area contributed by atoms with Crippen LogP contribution in [0.4, 0.5) is 0 Å². The van der Waals surface area contributed by atoms with Crippen LogP contribution in [0.5, 0.6) is 0 Å². The van der Waals surface area contributed by atoms with E-state index in [-0.39, 0.29) is 18.8 Å². The fourth-order valence-electron chi connectivity index (χ4n) is 1.75. The van der Waals surface area contributed by atoms with E-state index < -0.39 is 5.79 Å². The Bertz CT molecular complexity index is 306. The SMILES string of the molecule is CC1(C)O[C@@H]2C(Br)=CC=C(CO)[C@@H]2O1. The summed E-state index contributed by atoms with van der Waals surface area (Å²) in [5, 5.41) is 9.15. The van der Waals surface area contributed by atoms with E-state index >= 15 is 0 Å². The van der Waals surface area contributed by atoms with Crippen LogP contribution in [-0.4, -0.2) is 29.7 Å². The minimum absolute atomic E-state index is 0.0113. The summed E-state index contributed by atoms with van der Waals surface area (Å²) in [4.78, 5) is 0. The molecule has 1 saturated heterocycles. The lowest BCUT2D eigenvalue weighted by molar-refractivity contribution is -0.140. The van der Waals surface area contributed by atoms with Crippen molar-refractivity contribution in [3.63, 3.8) is 0 Å². The Kier molecular flexibility index (Phi) is 2.55. The van der Waals surface area contributed by atoms with Gasteiger partial charge in [-0.05, 0) is 25.5 Å². The van der Waals surface area contributed by atoms with Crippen LogP contribution in [0.3, 0.4) is 0 Å². The number of rotatable bonds is 1. The lowest BCUT2D eigenvalue weighted by atomic mass is 10.00. The van der Waals surface area contributed by atoms with Crippen LogP contribution in [0.15, 0.2) is 22.2 Å². The van der Waals surface area contributed by atoms with Crippen molar-refractivity contribution in [1.82, 2.24) is 0 Å². The van der Waals surface area contributed by atoms with Crippen LogP contribution in [0.25, 0.3) is 0 Å². The summed E-state index contributed by atoms with van der Waals surface area (Å²) in [6.45, 7) is 3.76. The Morgan fingerprint density at radius 2 is 2.00 bits per heavy atom. The molecule has 0 radical (unpaired) electrons. The standard InChI is InChI=1S/C10H13BrO3/c1-10(2)13-8-6(5-12)3-4-7(11)9(8)14-10/h3-4,8-9,12H,5H2,1-2H3/t8-,9+/m0/s1. The molecule has 78 valence electrons. The number of halogens is 1. The second-order valence-electron chi connectivity index (χ2n) is 3.93. The Morgan fingerprint density at radius 3 is 2.64 bits per heavy atom. The average Bonchev–Trinajstić information content (AvgIpc) is 2.42. The van der Waals surface area contributed by atoms with E-state index in [1.165, 1.54) is 0 Å². The first-order chi connectivity index (χ1) is 6.53. The first-order valence-electron chi connectivity index (χ1n) is 4.56. The molecule has 1 heterocycles. The maximum Gasteiger partial charge on any atom is 0.164 e. The molecule has 0 saturated carbocycles. The fraction of sp³-hybridized carbons (Fsp3) is 0.600. The van der Waals surface area contributed by atoms with Crippen molar-refractivity contribution in [3.8, 4) is 0 Å². The molecule has 2 atom stereocenters. The van der Waals surface area contributed by atoms with Crippen LogP contribution in [0.1, 0.15) is 13.8 Å². The van der Waals surface area contributed by atoms with Crippen molar-refractivity contribution in [2.24, 2.45) is 0 Å². The second kappa shape index (κ2) is 3.45. The predicted molar refractivity (Wildman–Crippen MR) is 56.0 cm³/mol. The van der Waals surface area contributed by atoms with Crippen LogP contribution < -0.4 is 0 Å². The van der Waals surface area contributed by atoms with Crippen LogP contribution >= 0.6 is 15.9 Å². The van der Waals surface area contributed by atoms with Crippen molar-refractivity contribution in [2.75, 3.05) is 6.61 Å². The molecule has 3 nitrogen and oxygen atoms in total. The summed E-state index contributed by atoms with van der Waals surface area (Å²) < 4.78 is 12.4. The monoisotopic (exact) mass is 260 g/mol. The van der Waals surface area contributed by atoms with Gasteiger partial charge in [0.2, 0.25) is 0 Å². The summed E-state index contributed by atoms with van der Waals surface area (Å²) in [5.41, 5.74) is 0.865. The highest BCUT2D eigenvalue weighted by Crippen LogP contribution is 2.39. The molecule has 0 amide bonds. The van der Waals surface area contributed by atoms with E-state index in [0.717, 1.165) is 10.1 Å². The van der Waals surface area contributed by atoms with E-state index in [9.17, 15) is 0 Å². The molecule has 1 aliphatic carbocycles. The maximum absolute atomic E-state index is 9.15. The molecule has 1 fully saturated rings. The summed E-state index contributed by atoms with van der Waals surface area (Å²) in [6, 6.07) is 0. The Hall–Kier alpha value is -0.160. The number of hydrogen-bond acceptors (Lipinski definition) is 3. The van der Waals surface area contributed by atoms with Gasteiger partial charge in [0.1, 0.15) is 12.2 Å². The molecule has 2 aliphatic rings. The molecule has 0 aromatic heterocycles. The van der Waals surface area contributed by atoms with E-state index in [0.29, 0.717) is 0 Å². The van der Waals surface area contributed by atoms with Gasteiger partial charge in [-0.2, -0.15) is 0 Å². The van der Waals surface area contributed by atoms with Gasteiger partial charge in [-0.3, -0.25) is 0 Å². The second-order valence-corrected chi connectivity index (χ2v) is 4.84. The normalized spacial score (nSPS) is 34.9. The van der Waals surface area contributed by atoms with Crippen molar-refractivity contribution in [1.29, 1.82) is 0 Å². The number of aliphatic hydroxyl groups is 1. The zero-order chi connectivity index (χ0) is 10.3. The summed E-state index contributed by atoms with van der Waals surface area (Å²) in [5.74, 6) is -0.583. The molecule has 14 heavy (non-hydrogen) atoms. The Morgan fingerprint density at radius 1 is 1.36 bits per heavy atom. The third-order valence-corrected chi connectivity index (χ3v) is 3.09. The van der Waals surface area contributed by atoms with Crippen LogP contribution in [0.2, 0.25) is 0 Å². The van der Waals surface area contributed by atoms with Gasteiger partial charge >= 0.3 is 0 Å². The zero-order valence-electron chi connectivity index (χ0n) is 8.16.